The van der Waals surface area contributed by atoms with Crippen molar-refractivity contribution < 1.29 is 0 Å². The Balaban J connectivity index is 1.64. The average molecular weight is 449 g/mol. The second kappa shape index (κ2) is 7.31. The highest BCUT2D eigenvalue weighted by molar-refractivity contribution is 9.10. The summed E-state index contributed by atoms with van der Waals surface area (Å²) in [6, 6.07) is 32.1. The zero-order chi connectivity index (χ0) is 20.7. The summed E-state index contributed by atoms with van der Waals surface area (Å²) < 4.78 is 1.04. The SMILES string of the molecule is CC1(C)c2ccccc2-c2ccc(-c3ccc(Br)cc3C#Cc3ccccc3)cc21. The van der Waals surface area contributed by atoms with Crippen LogP contribution in [0.3, 0.4) is 0 Å². The van der Waals surface area contributed by atoms with E-state index in [9.17, 15) is 0 Å². The van der Waals surface area contributed by atoms with E-state index >= 15 is 0 Å². The molecule has 1 heteroatoms. The van der Waals surface area contributed by atoms with Crippen LogP contribution in [0.25, 0.3) is 22.3 Å². The van der Waals surface area contributed by atoms with Gasteiger partial charge in [0.05, 0.1) is 0 Å². The van der Waals surface area contributed by atoms with E-state index in [2.05, 4.69) is 102 Å². The van der Waals surface area contributed by atoms with Gasteiger partial charge >= 0.3 is 0 Å². The van der Waals surface area contributed by atoms with Gasteiger partial charge in [-0.3, -0.25) is 0 Å². The van der Waals surface area contributed by atoms with Crippen LogP contribution in [0.2, 0.25) is 0 Å². The number of halogens is 1. The third kappa shape index (κ3) is 3.18. The smallest absolute Gasteiger partial charge is 0.0338 e. The second-order valence-corrected chi connectivity index (χ2v) is 9.15. The molecule has 0 bridgehead atoms. The van der Waals surface area contributed by atoms with Gasteiger partial charge in [-0.1, -0.05) is 102 Å². The van der Waals surface area contributed by atoms with Gasteiger partial charge in [0.15, 0.2) is 0 Å². The molecule has 1 aliphatic rings. The molecule has 0 fully saturated rings. The van der Waals surface area contributed by atoms with Crippen LogP contribution in [-0.4, -0.2) is 0 Å². The first-order valence-electron chi connectivity index (χ1n) is 10.2. The Labute approximate surface area is 186 Å². The Bertz CT molecular complexity index is 1320. The maximum Gasteiger partial charge on any atom is 0.0338 e. The molecule has 0 radical (unpaired) electrons. The standard InChI is InChI=1S/C29H21Br/c1-29(2)27-11-7-6-10-25(27)26-16-14-22(19-28(26)29)24-17-15-23(30)18-21(24)13-12-20-8-4-3-5-9-20/h3-11,14-19H,1-2H3. The van der Waals surface area contributed by atoms with Crippen LogP contribution in [0.5, 0.6) is 0 Å². The summed E-state index contributed by atoms with van der Waals surface area (Å²) >= 11 is 3.61. The molecule has 0 aliphatic heterocycles. The normalized spacial score (nSPS) is 13.2. The van der Waals surface area contributed by atoms with Gasteiger partial charge in [0.25, 0.3) is 0 Å². The van der Waals surface area contributed by atoms with Gasteiger partial charge in [0, 0.05) is 21.0 Å². The summed E-state index contributed by atoms with van der Waals surface area (Å²) in [6.45, 7) is 4.64. The fourth-order valence-corrected chi connectivity index (χ4v) is 4.77. The number of fused-ring (bicyclic) bond motifs is 3. The number of benzene rings is 4. The summed E-state index contributed by atoms with van der Waals surface area (Å²) in [7, 11) is 0. The molecule has 5 rings (SSSR count). The molecular weight excluding hydrogens is 428 g/mol. The Kier molecular flexibility index (Phi) is 4.61. The van der Waals surface area contributed by atoms with Crippen molar-refractivity contribution in [2.45, 2.75) is 19.3 Å². The third-order valence-electron chi connectivity index (χ3n) is 5.99. The van der Waals surface area contributed by atoms with Crippen molar-refractivity contribution in [3.63, 3.8) is 0 Å². The van der Waals surface area contributed by atoms with Crippen molar-refractivity contribution in [1.29, 1.82) is 0 Å². The van der Waals surface area contributed by atoms with Crippen LogP contribution < -0.4 is 0 Å². The molecule has 0 saturated heterocycles. The van der Waals surface area contributed by atoms with Gasteiger partial charge in [-0.05, 0) is 63.7 Å². The van der Waals surface area contributed by atoms with Crippen LogP contribution in [0.4, 0.5) is 0 Å². The van der Waals surface area contributed by atoms with E-state index in [0.717, 1.165) is 21.2 Å². The second-order valence-electron chi connectivity index (χ2n) is 8.24. The predicted octanol–water partition coefficient (Wildman–Crippen LogP) is 7.82. The molecule has 0 atom stereocenters. The fraction of sp³-hybridized carbons (Fsp3) is 0.103. The van der Waals surface area contributed by atoms with E-state index in [-0.39, 0.29) is 5.41 Å². The molecule has 1 aliphatic carbocycles. The van der Waals surface area contributed by atoms with Gasteiger partial charge in [-0.25, -0.2) is 0 Å². The molecule has 0 heterocycles. The van der Waals surface area contributed by atoms with E-state index in [1.165, 1.54) is 27.8 Å². The Morgan fingerprint density at radius 3 is 2.17 bits per heavy atom. The zero-order valence-electron chi connectivity index (χ0n) is 17.0. The van der Waals surface area contributed by atoms with E-state index in [4.69, 9.17) is 0 Å². The summed E-state index contributed by atoms with van der Waals surface area (Å²) in [4.78, 5) is 0. The first kappa shape index (κ1) is 18.9. The number of hydrogen-bond donors (Lipinski definition) is 0. The minimum atomic E-state index is -0.00677. The van der Waals surface area contributed by atoms with Crippen LogP contribution in [0, 0.1) is 11.8 Å². The minimum Gasteiger partial charge on any atom is -0.0622 e. The molecule has 4 aromatic rings. The van der Waals surface area contributed by atoms with Crippen molar-refractivity contribution in [3.05, 3.63) is 118 Å². The molecule has 0 spiro atoms. The molecule has 0 amide bonds. The largest absolute Gasteiger partial charge is 0.0622 e. The van der Waals surface area contributed by atoms with Crippen LogP contribution in [-0.2, 0) is 5.41 Å². The van der Waals surface area contributed by atoms with Gasteiger partial charge < -0.3 is 0 Å². The number of hydrogen-bond acceptors (Lipinski definition) is 0. The Morgan fingerprint density at radius 2 is 1.33 bits per heavy atom. The molecule has 4 aromatic carbocycles. The summed E-state index contributed by atoms with van der Waals surface area (Å²) in [6.07, 6.45) is 0. The average Bonchev–Trinajstić information content (AvgIpc) is 3.00. The topological polar surface area (TPSA) is 0 Å². The Hall–Kier alpha value is -3.08. The number of rotatable bonds is 1. The van der Waals surface area contributed by atoms with Gasteiger partial charge in [-0.2, -0.15) is 0 Å². The highest BCUT2D eigenvalue weighted by atomic mass is 79.9. The maximum atomic E-state index is 3.61. The molecular formula is C29H21Br. The zero-order valence-corrected chi connectivity index (χ0v) is 18.6. The third-order valence-corrected chi connectivity index (χ3v) is 6.48. The molecule has 0 aromatic heterocycles. The van der Waals surface area contributed by atoms with Crippen molar-refractivity contribution >= 4 is 15.9 Å². The predicted molar refractivity (Wildman–Crippen MR) is 130 cm³/mol. The van der Waals surface area contributed by atoms with E-state index in [1.54, 1.807) is 0 Å². The lowest BCUT2D eigenvalue weighted by Crippen LogP contribution is -2.14. The summed E-state index contributed by atoms with van der Waals surface area (Å²) in [5.74, 6) is 6.70. The lowest BCUT2D eigenvalue weighted by molar-refractivity contribution is 0.660. The van der Waals surface area contributed by atoms with Crippen molar-refractivity contribution in [2.24, 2.45) is 0 Å². The van der Waals surface area contributed by atoms with E-state index < -0.39 is 0 Å². The van der Waals surface area contributed by atoms with E-state index in [1.807, 2.05) is 30.3 Å². The monoisotopic (exact) mass is 448 g/mol. The maximum absolute atomic E-state index is 3.61. The van der Waals surface area contributed by atoms with Gasteiger partial charge in [0.1, 0.15) is 0 Å². The van der Waals surface area contributed by atoms with Crippen molar-refractivity contribution in [1.82, 2.24) is 0 Å². The Morgan fingerprint density at radius 1 is 0.633 bits per heavy atom. The van der Waals surface area contributed by atoms with Gasteiger partial charge in [0.2, 0.25) is 0 Å². The first-order valence-corrected chi connectivity index (χ1v) is 10.9. The van der Waals surface area contributed by atoms with Crippen LogP contribution >= 0.6 is 15.9 Å². The van der Waals surface area contributed by atoms with Crippen LogP contribution in [0.1, 0.15) is 36.1 Å². The van der Waals surface area contributed by atoms with E-state index in [0.29, 0.717) is 0 Å². The van der Waals surface area contributed by atoms with Crippen molar-refractivity contribution in [3.8, 4) is 34.1 Å². The fourth-order valence-electron chi connectivity index (χ4n) is 4.40. The molecule has 30 heavy (non-hydrogen) atoms. The first-order chi connectivity index (χ1) is 14.5. The van der Waals surface area contributed by atoms with Gasteiger partial charge in [-0.15, -0.1) is 0 Å². The highest BCUT2D eigenvalue weighted by Crippen LogP contribution is 2.49. The molecule has 144 valence electrons. The molecule has 0 unspecified atom stereocenters. The molecule has 0 nitrogen and oxygen atoms in total. The van der Waals surface area contributed by atoms with Crippen molar-refractivity contribution in [2.75, 3.05) is 0 Å². The quantitative estimate of drug-likeness (QED) is 0.260. The molecule has 0 N–H and O–H groups in total. The minimum absolute atomic E-state index is 0.00677. The highest BCUT2D eigenvalue weighted by Gasteiger charge is 2.35. The molecule has 0 saturated carbocycles. The summed E-state index contributed by atoms with van der Waals surface area (Å²) in [5.41, 5.74) is 9.89. The lowest BCUT2D eigenvalue weighted by Gasteiger charge is -2.22. The lowest BCUT2D eigenvalue weighted by atomic mass is 9.81. The summed E-state index contributed by atoms with van der Waals surface area (Å²) in [5, 5.41) is 0. The van der Waals surface area contributed by atoms with Crippen LogP contribution in [0.15, 0.2) is 95.5 Å².